The Bertz CT molecular complexity index is 685. The molecule has 8 heteroatoms. The van der Waals surface area contributed by atoms with E-state index in [4.69, 9.17) is 20.9 Å². The Morgan fingerprint density at radius 1 is 1.39 bits per heavy atom. The Labute approximate surface area is 138 Å². The summed E-state index contributed by atoms with van der Waals surface area (Å²) in [5.41, 5.74) is 0.751. The fraction of sp³-hybridized carbons (Fsp3) is 0.400. The maximum atomic E-state index is 12.3. The molecule has 1 aromatic heterocycles. The van der Waals surface area contributed by atoms with E-state index in [0.717, 1.165) is 5.56 Å². The number of carbonyl (C=O) groups is 1. The van der Waals surface area contributed by atoms with Gasteiger partial charge < -0.3 is 19.5 Å². The highest BCUT2D eigenvalue weighted by Gasteiger charge is 2.23. The van der Waals surface area contributed by atoms with Gasteiger partial charge in [-0.15, -0.1) is 0 Å². The molecule has 0 spiro atoms. The van der Waals surface area contributed by atoms with Gasteiger partial charge in [0.25, 0.3) is 0 Å². The zero-order valence-electron chi connectivity index (χ0n) is 12.7. The van der Waals surface area contributed by atoms with Crippen molar-refractivity contribution in [2.24, 2.45) is 0 Å². The van der Waals surface area contributed by atoms with E-state index >= 15 is 0 Å². The van der Waals surface area contributed by atoms with E-state index in [-0.39, 0.29) is 11.9 Å². The molecule has 3 rings (SSSR count). The van der Waals surface area contributed by atoms with Crippen LogP contribution in [0.3, 0.4) is 0 Å². The number of aromatic nitrogens is 2. The molecule has 2 aromatic rings. The molecule has 7 nitrogen and oxygen atoms in total. The number of rotatable bonds is 4. The summed E-state index contributed by atoms with van der Waals surface area (Å²) < 4.78 is 10.4. The predicted molar refractivity (Wildman–Crippen MR) is 85.2 cm³/mol. The van der Waals surface area contributed by atoms with Crippen LogP contribution in [0.2, 0.25) is 5.02 Å². The molecule has 0 bridgehead atoms. The second kappa shape index (κ2) is 6.97. The van der Waals surface area contributed by atoms with E-state index in [9.17, 15) is 4.79 Å². The third-order valence-electron chi connectivity index (χ3n) is 3.54. The van der Waals surface area contributed by atoms with Crippen molar-refractivity contribution in [3.63, 3.8) is 0 Å². The summed E-state index contributed by atoms with van der Waals surface area (Å²) in [6.45, 7) is 4.10. The first-order valence-electron chi connectivity index (χ1n) is 7.36. The fourth-order valence-electron chi connectivity index (χ4n) is 2.33. The minimum absolute atomic E-state index is 0.0178. The van der Waals surface area contributed by atoms with E-state index in [2.05, 4.69) is 15.5 Å². The van der Waals surface area contributed by atoms with E-state index in [1.165, 1.54) is 0 Å². The van der Waals surface area contributed by atoms with Crippen LogP contribution in [0.5, 0.6) is 0 Å². The Balaban J connectivity index is 1.65. The topological polar surface area (TPSA) is 80.5 Å². The highest BCUT2D eigenvalue weighted by molar-refractivity contribution is 6.30. The van der Waals surface area contributed by atoms with E-state index in [1.54, 1.807) is 24.0 Å². The minimum atomic E-state index is -0.458. The van der Waals surface area contributed by atoms with Crippen molar-refractivity contribution in [2.75, 3.05) is 31.6 Å². The van der Waals surface area contributed by atoms with Crippen molar-refractivity contribution in [2.45, 2.75) is 13.0 Å². The van der Waals surface area contributed by atoms with Crippen molar-refractivity contribution >= 4 is 23.5 Å². The number of morpholine rings is 1. The van der Waals surface area contributed by atoms with E-state index in [1.807, 2.05) is 12.1 Å². The number of carbonyl (C=O) groups excluding carboxylic acids is 1. The second-order valence-electron chi connectivity index (χ2n) is 5.24. The van der Waals surface area contributed by atoms with Gasteiger partial charge in [-0.1, -0.05) is 28.9 Å². The molecule has 1 unspecified atom stereocenters. The minimum Gasteiger partial charge on any atom is -0.378 e. The molecule has 1 fully saturated rings. The molecule has 1 atom stereocenters. The summed E-state index contributed by atoms with van der Waals surface area (Å²) in [5, 5.41) is 7.43. The van der Waals surface area contributed by atoms with E-state index < -0.39 is 6.04 Å². The first-order chi connectivity index (χ1) is 11.1. The van der Waals surface area contributed by atoms with Gasteiger partial charge in [0.2, 0.25) is 11.7 Å². The molecule has 1 saturated heterocycles. The fourth-order valence-corrected chi connectivity index (χ4v) is 2.52. The summed E-state index contributed by atoms with van der Waals surface area (Å²) in [6, 6.07) is 6.91. The molecule has 2 heterocycles. The molecule has 1 amide bonds. The summed E-state index contributed by atoms with van der Waals surface area (Å²) in [4.78, 5) is 18.3. The van der Waals surface area contributed by atoms with Crippen LogP contribution >= 0.6 is 11.6 Å². The quantitative estimate of drug-likeness (QED) is 0.920. The number of hydrogen-bond acceptors (Lipinski definition) is 6. The molecule has 0 saturated carbocycles. The number of halogens is 1. The lowest BCUT2D eigenvalue weighted by molar-refractivity contribution is -0.135. The summed E-state index contributed by atoms with van der Waals surface area (Å²) in [5.74, 6) is 0.400. The Morgan fingerprint density at radius 3 is 2.91 bits per heavy atom. The van der Waals surface area contributed by atoms with Crippen molar-refractivity contribution in [1.29, 1.82) is 0 Å². The van der Waals surface area contributed by atoms with Crippen LogP contribution in [-0.4, -0.2) is 53.3 Å². The van der Waals surface area contributed by atoms with Crippen LogP contribution < -0.4 is 5.32 Å². The lowest BCUT2D eigenvalue weighted by atomic mass is 10.2. The number of hydrogen-bond donors (Lipinski definition) is 1. The van der Waals surface area contributed by atoms with Crippen molar-refractivity contribution in [3.05, 3.63) is 29.3 Å². The van der Waals surface area contributed by atoms with E-state index in [0.29, 0.717) is 37.2 Å². The largest absolute Gasteiger partial charge is 0.378 e. The number of ether oxygens (including phenoxy) is 1. The molecule has 1 aromatic carbocycles. The molecule has 122 valence electrons. The predicted octanol–water partition coefficient (Wildman–Crippen LogP) is 2.05. The average Bonchev–Trinajstić information content (AvgIpc) is 3.03. The maximum Gasteiger partial charge on any atom is 0.322 e. The van der Waals surface area contributed by atoms with Crippen LogP contribution in [0.25, 0.3) is 11.4 Å². The number of nitrogens with one attached hydrogen (secondary N) is 1. The van der Waals surface area contributed by atoms with Gasteiger partial charge in [-0.2, -0.15) is 4.98 Å². The number of nitrogens with zero attached hydrogens (tertiary/aromatic N) is 3. The third-order valence-corrected chi connectivity index (χ3v) is 3.78. The van der Waals surface area contributed by atoms with Crippen LogP contribution in [0.1, 0.15) is 6.92 Å². The first kappa shape index (κ1) is 15.8. The zero-order valence-corrected chi connectivity index (χ0v) is 13.4. The normalized spacial score (nSPS) is 16.2. The van der Waals surface area contributed by atoms with Crippen LogP contribution in [-0.2, 0) is 9.53 Å². The third kappa shape index (κ3) is 3.80. The highest BCUT2D eigenvalue weighted by Crippen LogP contribution is 2.21. The Kier molecular flexibility index (Phi) is 4.78. The van der Waals surface area contributed by atoms with Gasteiger partial charge in [-0.05, 0) is 19.1 Å². The van der Waals surface area contributed by atoms with Gasteiger partial charge >= 0.3 is 6.01 Å². The molecule has 0 radical (unpaired) electrons. The SMILES string of the molecule is CC(Nc1nc(-c2cccc(Cl)c2)no1)C(=O)N1CCOCC1. The van der Waals surface area contributed by atoms with Crippen molar-refractivity contribution < 1.29 is 14.1 Å². The summed E-state index contributed by atoms with van der Waals surface area (Å²) in [6.07, 6.45) is 0. The Hall–Kier alpha value is -2.12. The van der Waals surface area contributed by atoms with Crippen molar-refractivity contribution in [1.82, 2.24) is 15.0 Å². The maximum absolute atomic E-state index is 12.3. The average molecular weight is 337 g/mol. The first-order valence-corrected chi connectivity index (χ1v) is 7.74. The molecule has 23 heavy (non-hydrogen) atoms. The van der Waals surface area contributed by atoms with Crippen LogP contribution in [0, 0.1) is 0 Å². The lowest BCUT2D eigenvalue weighted by Gasteiger charge is -2.29. The van der Waals surface area contributed by atoms with Crippen LogP contribution in [0.4, 0.5) is 6.01 Å². The molecular formula is C15H17ClN4O3. The smallest absolute Gasteiger partial charge is 0.322 e. The Morgan fingerprint density at radius 2 is 2.17 bits per heavy atom. The van der Waals surface area contributed by atoms with Crippen molar-refractivity contribution in [3.8, 4) is 11.4 Å². The highest BCUT2D eigenvalue weighted by atomic mass is 35.5. The van der Waals surface area contributed by atoms with Gasteiger partial charge in [-0.25, -0.2) is 0 Å². The molecule has 1 aliphatic rings. The van der Waals surface area contributed by atoms with Gasteiger partial charge in [0, 0.05) is 23.7 Å². The molecule has 0 aliphatic carbocycles. The summed E-state index contributed by atoms with van der Waals surface area (Å²) in [7, 11) is 0. The van der Waals surface area contributed by atoms with Gasteiger partial charge in [0.1, 0.15) is 6.04 Å². The zero-order chi connectivity index (χ0) is 16.2. The lowest BCUT2D eigenvalue weighted by Crippen LogP contribution is -2.47. The second-order valence-corrected chi connectivity index (χ2v) is 5.67. The summed E-state index contributed by atoms with van der Waals surface area (Å²) >= 11 is 5.95. The van der Waals surface area contributed by atoms with Gasteiger partial charge in [0.05, 0.1) is 13.2 Å². The number of anilines is 1. The molecule has 1 aliphatic heterocycles. The monoisotopic (exact) mass is 336 g/mol. The van der Waals surface area contributed by atoms with Gasteiger partial charge in [0.15, 0.2) is 0 Å². The molecule has 1 N–H and O–H groups in total. The number of benzene rings is 1. The standard InChI is InChI=1S/C15H17ClN4O3/c1-10(14(21)20-5-7-22-8-6-20)17-15-18-13(19-23-15)11-3-2-4-12(16)9-11/h2-4,9-10H,5-8H2,1H3,(H,17,18,19). The number of amides is 1. The van der Waals surface area contributed by atoms with Crippen LogP contribution in [0.15, 0.2) is 28.8 Å². The van der Waals surface area contributed by atoms with Gasteiger partial charge in [-0.3, -0.25) is 4.79 Å². The molecular weight excluding hydrogens is 320 g/mol.